The van der Waals surface area contributed by atoms with Gasteiger partial charge in [-0.1, -0.05) is 29.3 Å². The maximum absolute atomic E-state index is 13.0. The third kappa shape index (κ3) is 3.37. The lowest BCUT2D eigenvalue weighted by Crippen LogP contribution is -2.08. The highest BCUT2D eigenvalue weighted by atomic mass is 35.5. The van der Waals surface area contributed by atoms with Gasteiger partial charge in [0.25, 0.3) is 0 Å². The Hall–Kier alpha value is -1.85. The summed E-state index contributed by atoms with van der Waals surface area (Å²) in [6.45, 7) is 0.244. The number of halogens is 3. The third-order valence-corrected chi connectivity index (χ3v) is 3.04. The summed E-state index contributed by atoms with van der Waals surface area (Å²) in [6.07, 6.45) is 0. The molecule has 0 unspecified atom stereocenters. The van der Waals surface area contributed by atoms with Crippen LogP contribution in [0.1, 0.15) is 15.9 Å². The molecule has 2 aromatic rings. The SMILES string of the molecule is O=C(O)c1ccc(Cl)nc1NCc1ccc(F)c(Cl)c1. The van der Waals surface area contributed by atoms with Crippen LogP contribution in [0, 0.1) is 5.82 Å². The van der Waals surface area contributed by atoms with Gasteiger partial charge in [0, 0.05) is 6.54 Å². The lowest BCUT2D eigenvalue weighted by molar-refractivity contribution is 0.0697. The van der Waals surface area contributed by atoms with Crippen molar-refractivity contribution in [3.05, 3.63) is 57.5 Å². The Bertz CT molecular complexity index is 665. The highest BCUT2D eigenvalue weighted by Gasteiger charge is 2.12. The first-order chi connectivity index (χ1) is 9.47. The summed E-state index contributed by atoms with van der Waals surface area (Å²) >= 11 is 11.4. The zero-order chi connectivity index (χ0) is 14.7. The van der Waals surface area contributed by atoms with Crippen molar-refractivity contribution in [2.75, 3.05) is 5.32 Å². The molecule has 104 valence electrons. The molecule has 0 fully saturated rings. The van der Waals surface area contributed by atoms with Crippen molar-refractivity contribution in [3.8, 4) is 0 Å². The molecule has 0 aliphatic rings. The second kappa shape index (κ2) is 6.07. The number of carboxylic acid groups (broad SMARTS) is 1. The first-order valence-electron chi connectivity index (χ1n) is 5.55. The van der Waals surface area contributed by atoms with Crippen LogP contribution in [0.2, 0.25) is 10.2 Å². The third-order valence-electron chi connectivity index (χ3n) is 2.54. The number of hydrogen-bond acceptors (Lipinski definition) is 3. The fourth-order valence-electron chi connectivity index (χ4n) is 1.58. The monoisotopic (exact) mass is 314 g/mol. The highest BCUT2D eigenvalue weighted by Crippen LogP contribution is 2.19. The minimum atomic E-state index is -1.12. The van der Waals surface area contributed by atoms with Gasteiger partial charge in [0.05, 0.1) is 5.02 Å². The Morgan fingerprint density at radius 1 is 1.30 bits per heavy atom. The number of aromatic nitrogens is 1. The summed E-state index contributed by atoms with van der Waals surface area (Å²) in [4.78, 5) is 15.0. The van der Waals surface area contributed by atoms with E-state index in [1.54, 1.807) is 6.07 Å². The standard InChI is InChI=1S/C13H9Cl2FN2O2/c14-9-5-7(1-3-10(9)16)6-17-12-8(13(19)20)2-4-11(15)18-12/h1-5H,6H2,(H,17,18)(H,19,20). The molecular weight excluding hydrogens is 306 g/mol. The van der Waals surface area contributed by atoms with Crippen LogP contribution >= 0.6 is 23.2 Å². The predicted molar refractivity (Wildman–Crippen MR) is 74.9 cm³/mol. The number of rotatable bonds is 4. The van der Waals surface area contributed by atoms with Gasteiger partial charge in [-0.05, 0) is 29.8 Å². The number of nitrogens with one attached hydrogen (secondary N) is 1. The van der Waals surface area contributed by atoms with Gasteiger partial charge in [0.1, 0.15) is 22.4 Å². The van der Waals surface area contributed by atoms with E-state index in [1.807, 2.05) is 0 Å². The maximum atomic E-state index is 13.0. The van der Waals surface area contributed by atoms with Crippen molar-refractivity contribution < 1.29 is 14.3 Å². The van der Waals surface area contributed by atoms with Gasteiger partial charge >= 0.3 is 5.97 Å². The van der Waals surface area contributed by atoms with E-state index < -0.39 is 11.8 Å². The maximum Gasteiger partial charge on any atom is 0.339 e. The van der Waals surface area contributed by atoms with E-state index in [2.05, 4.69) is 10.3 Å². The topological polar surface area (TPSA) is 62.2 Å². The molecule has 2 rings (SSSR count). The average Bonchev–Trinajstić information content (AvgIpc) is 2.40. The van der Waals surface area contributed by atoms with Crippen LogP contribution in [-0.2, 0) is 6.54 Å². The smallest absolute Gasteiger partial charge is 0.339 e. The Labute approximate surface area is 124 Å². The van der Waals surface area contributed by atoms with Gasteiger partial charge in [-0.2, -0.15) is 0 Å². The van der Waals surface area contributed by atoms with Crippen molar-refractivity contribution in [3.63, 3.8) is 0 Å². The van der Waals surface area contributed by atoms with Crippen LogP contribution in [0.15, 0.2) is 30.3 Å². The summed E-state index contributed by atoms with van der Waals surface area (Å²) < 4.78 is 13.0. The minimum absolute atomic E-state index is 0.00168. The van der Waals surface area contributed by atoms with Crippen LogP contribution in [0.25, 0.3) is 0 Å². The normalized spacial score (nSPS) is 10.3. The Kier molecular flexibility index (Phi) is 4.42. The van der Waals surface area contributed by atoms with Crippen LogP contribution < -0.4 is 5.32 Å². The van der Waals surface area contributed by atoms with Crippen molar-refractivity contribution in [2.24, 2.45) is 0 Å². The Morgan fingerprint density at radius 2 is 2.05 bits per heavy atom. The molecule has 0 spiro atoms. The zero-order valence-corrected chi connectivity index (χ0v) is 11.5. The molecule has 0 atom stereocenters. The van der Waals surface area contributed by atoms with Crippen molar-refractivity contribution in [1.29, 1.82) is 0 Å². The quantitative estimate of drug-likeness (QED) is 0.842. The summed E-state index contributed by atoms with van der Waals surface area (Å²) in [5, 5.41) is 12.1. The lowest BCUT2D eigenvalue weighted by atomic mass is 10.2. The molecule has 7 heteroatoms. The molecule has 0 saturated carbocycles. The second-order valence-electron chi connectivity index (χ2n) is 3.94. The summed E-state index contributed by atoms with van der Waals surface area (Å²) in [6, 6.07) is 6.99. The second-order valence-corrected chi connectivity index (χ2v) is 4.73. The molecule has 0 aliphatic carbocycles. The van der Waals surface area contributed by atoms with E-state index in [0.717, 1.165) is 0 Å². The highest BCUT2D eigenvalue weighted by molar-refractivity contribution is 6.30. The number of nitrogens with zero attached hydrogens (tertiary/aromatic N) is 1. The van der Waals surface area contributed by atoms with Crippen LogP contribution in [0.4, 0.5) is 10.2 Å². The number of carboxylic acids is 1. The largest absolute Gasteiger partial charge is 0.478 e. The van der Waals surface area contributed by atoms with E-state index in [-0.39, 0.29) is 28.1 Å². The van der Waals surface area contributed by atoms with E-state index in [4.69, 9.17) is 28.3 Å². The Balaban J connectivity index is 2.20. The van der Waals surface area contributed by atoms with E-state index in [0.29, 0.717) is 5.56 Å². The van der Waals surface area contributed by atoms with Gasteiger partial charge in [0.2, 0.25) is 0 Å². The fourth-order valence-corrected chi connectivity index (χ4v) is 1.93. The number of benzene rings is 1. The van der Waals surface area contributed by atoms with Crippen molar-refractivity contribution in [1.82, 2.24) is 4.98 Å². The van der Waals surface area contributed by atoms with E-state index in [1.165, 1.54) is 24.3 Å². The van der Waals surface area contributed by atoms with Gasteiger partial charge < -0.3 is 10.4 Å². The molecule has 1 aromatic carbocycles. The fraction of sp³-hybridized carbons (Fsp3) is 0.0769. The van der Waals surface area contributed by atoms with Gasteiger partial charge in [-0.15, -0.1) is 0 Å². The van der Waals surface area contributed by atoms with Crippen LogP contribution in [-0.4, -0.2) is 16.1 Å². The summed E-state index contributed by atoms with van der Waals surface area (Å²) in [5.41, 5.74) is 0.692. The number of pyridine rings is 1. The van der Waals surface area contributed by atoms with Crippen LogP contribution in [0.3, 0.4) is 0 Å². The lowest BCUT2D eigenvalue weighted by Gasteiger charge is -2.09. The molecule has 1 aromatic heterocycles. The number of aromatic carboxylic acids is 1. The van der Waals surface area contributed by atoms with Gasteiger partial charge in [0.15, 0.2) is 0 Å². The average molecular weight is 315 g/mol. The van der Waals surface area contributed by atoms with Gasteiger partial charge in [-0.3, -0.25) is 0 Å². The summed E-state index contributed by atoms with van der Waals surface area (Å²) in [5.74, 6) is -1.48. The number of hydrogen-bond donors (Lipinski definition) is 2. The zero-order valence-electron chi connectivity index (χ0n) is 10.0. The van der Waals surface area contributed by atoms with E-state index >= 15 is 0 Å². The van der Waals surface area contributed by atoms with Crippen molar-refractivity contribution in [2.45, 2.75) is 6.54 Å². The van der Waals surface area contributed by atoms with Crippen molar-refractivity contribution >= 4 is 35.0 Å². The first-order valence-corrected chi connectivity index (χ1v) is 6.30. The number of carbonyl (C=O) groups is 1. The molecule has 0 saturated heterocycles. The van der Waals surface area contributed by atoms with Gasteiger partial charge in [-0.25, -0.2) is 14.2 Å². The summed E-state index contributed by atoms with van der Waals surface area (Å²) in [7, 11) is 0. The molecule has 2 N–H and O–H groups in total. The van der Waals surface area contributed by atoms with E-state index in [9.17, 15) is 9.18 Å². The molecule has 0 aliphatic heterocycles. The molecule has 4 nitrogen and oxygen atoms in total. The first kappa shape index (κ1) is 14.6. The molecule has 0 amide bonds. The molecular formula is C13H9Cl2FN2O2. The molecule has 0 radical (unpaired) electrons. The minimum Gasteiger partial charge on any atom is -0.478 e. The Morgan fingerprint density at radius 3 is 2.70 bits per heavy atom. The predicted octanol–water partition coefficient (Wildman–Crippen LogP) is 3.84. The molecule has 1 heterocycles. The molecule has 20 heavy (non-hydrogen) atoms. The number of anilines is 1. The van der Waals surface area contributed by atoms with Crippen LogP contribution in [0.5, 0.6) is 0 Å². The molecule has 0 bridgehead atoms.